The lowest BCUT2D eigenvalue weighted by molar-refractivity contribution is 0.101. The molecule has 3 heteroatoms. The monoisotopic (exact) mass is 200 g/mol. The van der Waals surface area contributed by atoms with Crippen LogP contribution in [0.25, 0.3) is 0 Å². The van der Waals surface area contributed by atoms with Crippen molar-refractivity contribution in [1.82, 2.24) is 0 Å². The summed E-state index contributed by atoms with van der Waals surface area (Å²) in [5, 5.41) is 0.528. The average Bonchev–Trinajstić information content (AvgIpc) is 2.05. The molecule has 1 rings (SSSR count). The van der Waals surface area contributed by atoms with Gasteiger partial charge in [-0.3, -0.25) is 4.79 Å². The van der Waals surface area contributed by atoms with E-state index in [1.807, 2.05) is 18.4 Å². The Bertz CT molecular complexity index is 309. The van der Waals surface area contributed by atoms with Crippen molar-refractivity contribution in [2.75, 3.05) is 6.26 Å². The minimum absolute atomic E-state index is 0.0101. The Hall–Kier alpha value is -0.470. The predicted molar refractivity (Wildman–Crippen MR) is 53.2 cm³/mol. The molecule has 12 heavy (non-hydrogen) atoms. The second-order valence-corrected chi connectivity index (χ2v) is 3.69. The summed E-state index contributed by atoms with van der Waals surface area (Å²) in [6, 6.07) is 5.47. The van der Waals surface area contributed by atoms with Gasteiger partial charge in [-0.2, -0.15) is 0 Å². The lowest BCUT2D eigenvalue weighted by Crippen LogP contribution is -1.92. The van der Waals surface area contributed by atoms with Crippen molar-refractivity contribution in [1.29, 1.82) is 0 Å². The van der Waals surface area contributed by atoms with E-state index in [1.54, 1.807) is 17.8 Å². The van der Waals surface area contributed by atoms with Gasteiger partial charge < -0.3 is 0 Å². The van der Waals surface area contributed by atoms with Gasteiger partial charge in [-0.15, -0.1) is 11.8 Å². The van der Waals surface area contributed by atoms with Crippen LogP contribution in [0.1, 0.15) is 17.3 Å². The number of rotatable bonds is 2. The second-order valence-electron chi connectivity index (χ2n) is 2.40. The molecule has 0 spiro atoms. The van der Waals surface area contributed by atoms with Gasteiger partial charge in [-0.25, -0.2) is 0 Å². The number of carbonyl (C=O) groups is 1. The first-order valence-electron chi connectivity index (χ1n) is 3.49. The highest BCUT2D eigenvalue weighted by Gasteiger charge is 2.05. The fourth-order valence-corrected chi connectivity index (χ4v) is 1.59. The zero-order valence-corrected chi connectivity index (χ0v) is 8.50. The van der Waals surface area contributed by atoms with E-state index in [9.17, 15) is 4.79 Å². The van der Waals surface area contributed by atoms with E-state index in [1.165, 1.54) is 6.92 Å². The van der Waals surface area contributed by atoms with Crippen LogP contribution in [0.5, 0.6) is 0 Å². The molecule has 0 amide bonds. The van der Waals surface area contributed by atoms with Gasteiger partial charge in [0.1, 0.15) is 0 Å². The summed E-state index contributed by atoms with van der Waals surface area (Å²) >= 11 is 7.42. The van der Waals surface area contributed by atoms with Gasteiger partial charge in [0.05, 0.1) is 5.02 Å². The fourth-order valence-electron chi connectivity index (χ4n) is 0.901. The number of thioether (sulfide) groups is 1. The quantitative estimate of drug-likeness (QED) is 0.539. The lowest BCUT2D eigenvalue weighted by Gasteiger charge is -2.01. The van der Waals surface area contributed by atoms with Crippen LogP contribution >= 0.6 is 23.4 Å². The van der Waals surface area contributed by atoms with Crippen LogP contribution in [0.3, 0.4) is 0 Å². The molecule has 0 aliphatic rings. The molecule has 1 nitrogen and oxygen atoms in total. The molecule has 0 bridgehead atoms. The minimum Gasteiger partial charge on any atom is -0.294 e. The van der Waals surface area contributed by atoms with Gasteiger partial charge in [0.25, 0.3) is 0 Å². The smallest absolute Gasteiger partial charge is 0.161 e. The zero-order chi connectivity index (χ0) is 9.14. The molecular weight excluding hydrogens is 192 g/mol. The van der Waals surface area contributed by atoms with E-state index in [0.717, 1.165) is 4.90 Å². The molecule has 64 valence electrons. The van der Waals surface area contributed by atoms with E-state index in [-0.39, 0.29) is 5.78 Å². The number of Topliss-reactive ketones (excluding diaryl/α,β-unsaturated/α-hetero) is 1. The summed E-state index contributed by atoms with van der Waals surface area (Å²) in [6.07, 6.45) is 1.97. The maximum Gasteiger partial charge on any atom is 0.161 e. The van der Waals surface area contributed by atoms with E-state index in [4.69, 9.17) is 11.6 Å². The molecule has 0 aliphatic carbocycles. The molecular formula is C9H9ClOS. The van der Waals surface area contributed by atoms with E-state index < -0.39 is 0 Å². The van der Waals surface area contributed by atoms with Gasteiger partial charge in [0.15, 0.2) is 5.78 Å². The van der Waals surface area contributed by atoms with Crippen molar-refractivity contribution in [3.63, 3.8) is 0 Å². The fraction of sp³-hybridized carbons (Fsp3) is 0.222. The highest BCUT2D eigenvalue weighted by molar-refractivity contribution is 7.98. The SMILES string of the molecule is CSc1ccc(Cl)c(C(C)=O)c1. The Morgan fingerprint density at radius 3 is 2.67 bits per heavy atom. The number of halogens is 1. The van der Waals surface area contributed by atoms with Crippen molar-refractivity contribution < 1.29 is 4.79 Å². The van der Waals surface area contributed by atoms with Crippen molar-refractivity contribution in [3.8, 4) is 0 Å². The van der Waals surface area contributed by atoms with E-state index in [2.05, 4.69) is 0 Å². The Kier molecular flexibility index (Phi) is 3.18. The van der Waals surface area contributed by atoms with Gasteiger partial charge in [-0.1, -0.05) is 11.6 Å². The maximum absolute atomic E-state index is 11.0. The van der Waals surface area contributed by atoms with Gasteiger partial charge in [0.2, 0.25) is 0 Å². The number of ketones is 1. The summed E-state index contributed by atoms with van der Waals surface area (Å²) in [7, 11) is 0. The van der Waals surface area contributed by atoms with Crippen LogP contribution in [-0.4, -0.2) is 12.0 Å². The number of hydrogen-bond acceptors (Lipinski definition) is 2. The van der Waals surface area contributed by atoms with Gasteiger partial charge >= 0.3 is 0 Å². The van der Waals surface area contributed by atoms with Crippen molar-refractivity contribution >= 4 is 29.1 Å². The third-order valence-corrected chi connectivity index (χ3v) is 2.61. The molecule has 1 aromatic rings. The summed E-state index contributed by atoms with van der Waals surface area (Å²) in [4.78, 5) is 12.1. The second kappa shape index (κ2) is 3.97. The zero-order valence-electron chi connectivity index (χ0n) is 6.93. The van der Waals surface area contributed by atoms with Crippen LogP contribution in [-0.2, 0) is 0 Å². The Morgan fingerprint density at radius 1 is 1.50 bits per heavy atom. The molecule has 0 aromatic heterocycles. The molecule has 0 atom stereocenters. The van der Waals surface area contributed by atoms with E-state index in [0.29, 0.717) is 10.6 Å². The molecule has 0 heterocycles. The van der Waals surface area contributed by atoms with Gasteiger partial charge in [-0.05, 0) is 31.4 Å². The first kappa shape index (κ1) is 9.62. The third kappa shape index (κ3) is 2.02. The van der Waals surface area contributed by atoms with Crippen LogP contribution in [0.4, 0.5) is 0 Å². The summed E-state index contributed by atoms with van der Waals surface area (Å²) in [5.74, 6) is 0.0101. The van der Waals surface area contributed by atoms with Crippen molar-refractivity contribution in [2.45, 2.75) is 11.8 Å². The van der Waals surface area contributed by atoms with Crippen LogP contribution in [0, 0.1) is 0 Å². The Morgan fingerprint density at radius 2 is 2.17 bits per heavy atom. The number of hydrogen-bond donors (Lipinski definition) is 0. The molecule has 1 aromatic carbocycles. The third-order valence-electron chi connectivity index (χ3n) is 1.55. The summed E-state index contributed by atoms with van der Waals surface area (Å²) < 4.78 is 0. The van der Waals surface area contributed by atoms with Crippen LogP contribution < -0.4 is 0 Å². The van der Waals surface area contributed by atoms with Crippen LogP contribution in [0.2, 0.25) is 5.02 Å². The predicted octanol–water partition coefficient (Wildman–Crippen LogP) is 3.26. The molecule has 0 radical (unpaired) electrons. The van der Waals surface area contributed by atoms with Gasteiger partial charge in [0, 0.05) is 10.5 Å². The van der Waals surface area contributed by atoms with Crippen LogP contribution in [0.15, 0.2) is 23.1 Å². The first-order chi connectivity index (χ1) is 5.65. The average molecular weight is 201 g/mol. The summed E-state index contributed by atoms with van der Waals surface area (Å²) in [6.45, 7) is 1.52. The van der Waals surface area contributed by atoms with E-state index >= 15 is 0 Å². The molecule has 0 unspecified atom stereocenters. The maximum atomic E-state index is 11.0. The standard InChI is InChI=1S/C9H9ClOS/c1-6(11)8-5-7(12-2)3-4-9(8)10/h3-5H,1-2H3. The first-order valence-corrected chi connectivity index (χ1v) is 5.10. The van der Waals surface area contributed by atoms with Crippen molar-refractivity contribution in [3.05, 3.63) is 28.8 Å². The van der Waals surface area contributed by atoms with Crippen molar-refractivity contribution in [2.24, 2.45) is 0 Å². The summed E-state index contributed by atoms with van der Waals surface area (Å²) in [5.41, 5.74) is 0.600. The normalized spacial score (nSPS) is 9.92. The Balaban J connectivity index is 3.17. The topological polar surface area (TPSA) is 17.1 Å². The highest BCUT2D eigenvalue weighted by atomic mass is 35.5. The molecule has 0 saturated carbocycles. The molecule has 0 aliphatic heterocycles. The number of benzene rings is 1. The lowest BCUT2D eigenvalue weighted by atomic mass is 10.1. The largest absolute Gasteiger partial charge is 0.294 e. The Labute approximate surface area is 81.1 Å². The molecule has 0 saturated heterocycles. The minimum atomic E-state index is 0.0101. The highest BCUT2D eigenvalue weighted by Crippen LogP contribution is 2.23. The molecule has 0 N–H and O–H groups in total. The number of carbonyl (C=O) groups excluding carboxylic acids is 1. The molecule has 0 fully saturated rings.